The van der Waals surface area contributed by atoms with E-state index in [4.69, 9.17) is 5.11 Å². The minimum Gasteiger partial charge on any atom is -0.396 e. The van der Waals surface area contributed by atoms with Gasteiger partial charge in [-0.25, -0.2) is 0 Å². The molecule has 1 fully saturated rings. The van der Waals surface area contributed by atoms with Gasteiger partial charge >= 0.3 is 0 Å². The van der Waals surface area contributed by atoms with Gasteiger partial charge in [0.15, 0.2) is 5.78 Å². The molecule has 0 aromatic heterocycles. The van der Waals surface area contributed by atoms with E-state index in [-0.39, 0.29) is 12.4 Å². The number of rotatable bonds is 4. The lowest BCUT2D eigenvalue weighted by Crippen LogP contribution is -2.38. The van der Waals surface area contributed by atoms with E-state index in [0.29, 0.717) is 12.5 Å². The van der Waals surface area contributed by atoms with Crippen LogP contribution in [-0.4, -0.2) is 42.0 Å². The minimum atomic E-state index is 0.157. The zero-order valence-electron chi connectivity index (χ0n) is 10.3. The first-order chi connectivity index (χ1) is 8.70. The molecule has 0 radical (unpaired) electrons. The van der Waals surface area contributed by atoms with Crippen molar-refractivity contribution in [3.05, 3.63) is 34.3 Å². The van der Waals surface area contributed by atoms with Crippen LogP contribution in [0.4, 0.5) is 0 Å². The molecule has 1 saturated heterocycles. The molecule has 98 valence electrons. The lowest BCUT2D eigenvalue weighted by atomic mass is 9.97. The molecule has 18 heavy (non-hydrogen) atoms. The van der Waals surface area contributed by atoms with E-state index in [1.807, 2.05) is 24.3 Å². The number of hydrogen-bond donors (Lipinski definition) is 1. The molecule has 1 N–H and O–H groups in total. The second-order valence-electron chi connectivity index (χ2n) is 4.81. The zero-order valence-corrected chi connectivity index (χ0v) is 11.9. The second-order valence-corrected chi connectivity index (χ2v) is 5.66. The van der Waals surface area contributed by atoms with Crippen molar-refractivity contribution in [1.82, 2.24) is 4.90 Å². The van der Waals surface area contributed by atoms with Crippen LogP contribution in [-0.2, 0) is 0 Å². The number of likely N-dealkylation sites (tertiary alicyclic amines) is 1. The van der Waals surface area contributed by atoms with Crippen LogP contribution in [0.1, 0.15) is 23.2 Å². The fourth-order valence-corrected chi connectivity index (χ4v) is 2.81. The molecule has 0 saturated carbocycles. The minimum absolute atomic E-state index is 0.157. The lowest BCUT2D eigenvalue weighted by Gasteiger charge is -2.30. The first-order valence-electron chi connectivity index (χ1n) is 6.31. The summed E-state index contributed by atoms with van der Waals surface area (Å²) in [5, 5.41) is 9.08. The van der Waals surface area contributed by atoms with Gasteiger partial charge in [0.25, 0.3) is 0 Å². The standard InChI is InChI=1S/C14H18BrNO2/c15-13-4-2-1-3-12(13)14(18)9-16-7-5-11(10-17)6-8-16/h1-4,11,17H,5-10H2. The number of aliphatic hydroxyl groups is 1. The van der Waals surface area contributed by atoms with Crippen LogP contribution in [0.25, 0.3) is 0 Å². The third kappa shape index (κ3) is 3.40. The molecule has 1 aliphatic rings. The van der Waals surface area contributed by atoms with E-state index in [9.17, 15) is 4.79 Å². The third-order valence-electron chi connectivity index (χ3n) is 3.51. The molecule has 1 aromatic carbocycles. The van der Waals surface area contributed by atoms with Gasteiger partial charge in [0, 0.05) is 16.6 Å². The van der Waals surface area contributed by atoms with E-state index in [1.54, 1.807) is 0 Å². The normalized spacial score (nSPS) is 17.9. The third-order valence-corrected chi connectivity index (χ3v) is 4.20. The summed E-state index contributed by atoms with van der Waals surface area (Å²) >= 11 is 3.41. The molecular weight excluding hydrogens is 294 g/mol. The molecule has 0 aliphatic carbocycles. The van der Waals surface area contributed by atoms with Crippen LogP contribution >= 0.6 is 15.9 Å². The summed E-state index contributed by atoms with van der Waals surface area (Å²) in [7, 11) is 0. The molecule has 0 atom stereocenters. The maximum absolute atomic E-state index is 12.2. The molecule has 1 aromatic rings. The van der Waals surface area contributed by atoms with Gasteiger partial charge in [0.05, 0.1) is 6.54 Å². The van der Waals surface area contributed by atoms with Crippen LogP contribution < -0.4 is 0 Å². The molecule has 0 bridgehead atoms. The lowest BCUT2D eigenvalue weighted by molar-refractivity contribution is 0.0863. The Hall–Kier alpha value is -0.710. The molecule has 3 nitrogen and oxygen atoms in total. The fourth-order valence-electron chi connectivity index (χ4n) is 2.30. The maximum Gasteiger partial charge on any atom is 0.177 e. The summed E-state index contributed by atoms with van der Waals surface area (Å²) < 4.78 is 0.861. The number of ketones is 1. The first kappa shape index (κ1) is 13.7. The molecule has 0 amide bonds. The van der Waals surface area contributed by atoms with E-state index in [0.717, 1.165) is 36.0 Å². The van der Waals surface area contributed by atoms with Gasteiger partial charge in [-0.2, -0.15) is 0 Å². The van der Waals surface area contributed by atoms with E-state index >= 15 is 0 Å². The monoisotopic (exact) mass is 311 g/mol. The van der Waals surface area contributed by atoms with E-state index < -0.39 is 0 Å². The van der Waals surface area contributed by atoms with Gasteiger partial charge in [-0.05, 0) is 37.9 Å². The summed E-state index contributed by atoms with van der Waals surface area (Å²) in [6.45, 7) is 2.55. The highest BCUT2D eigenvalue weighted by Gasteiger charge is 2.21. The molecule has 0 spiro atoms. The number of carbonyl (C=O) groups is 1. The summed E-state index contributed by atoms with van der Waals surface area (Å²) in [4.78, 5) is 14.3. The van der Waals surface area contributed by atoms with Gasteiger partial charge in [0.1, 0.15) is 0 Å². The Labute approximate surface area is 116 Å². The number of piperidine rings is 1. The number of carbonyl (C=O) groups excluding carboxylic acids is 1. The van der Waals surface area contributed by atoms with Gasteiger partial charge in [0.2, 0.25) is 0 Å². The van der Waals surface area contributed by atoms with Crippen molar-refractivity contribution in [2.24, 2.45) is 5.92 Å². The Morgan fingerprint density at radius 3 is 2.61 bits per heavy atom. The Bertz CT molecular complexity index is 414. The highest BCUT2D eigenvalue weighted by atomic mass is 79.9. The highest BCUT2D eigenvalue weighted by molar-refractivity contribution is 9.10. The van der Waals surface area contributed by atoms with E-state index in [2.05, 4.69) is 20.8 Å². The number of benzene rings is 1. The number of halogens is 1. The van der Waals surface area contributed by atoms with Crippen molar-refractivity contribution in [1.29, 1.82) is 0 Å². The van der Waals surface area contributed by atoms with Crippen molar-refractivity contribution >= 4 is 21.7 Å². The largest absolute Gasteiger partial charge is 0.396 e. The van der Waals surface area contributed by atoms with Crippen LogP contribution in [0.15, 0.2) is 28.7 Å². The average molecular weight is 312 g/mol. The molecule has 2 rings (SSSR count). The maximum atomic E-state index is 12.2. The topological polar surface area (TPSA) is 40.5 Å². The van der Waals surface area contributed by atoms with Crippen molar-refractivity contribution in [2.45, 2.75) is 12.8 Å². The average Bonchev–Trinajstić information content (AvgIpc) is 2.40. The SMILES string of the molecule is O=C(CN1CCC(CO)CC1)c1ccccc1Br. The van der Waals surface area contributed by atoms with Crippen LogP contribution in [0.3, 0.4) is 0 Å². The molecule has 1 aliphatic heterocycles. The summed E-state index contributed by atoms with van der Waals surface area (Å²) in [6.07, 6.45) is 1.97. The van der Waals surface area contributed by atoms with Crippen LogP contribution in [0.5, 0.6) is 0 Å². The predicted molar refractivity (Wildman–Crippen MR) is 74.7 cm³/mol. The zero-order chi connectivity index (χ0) is 13.0. The van der Waals surface area contributed by atoms with Crippen molar-refractivity contribution in [3.8, 4) is 0 Å². The van der Waals surface area contributed by atoms with Crippen molar-refractivity contribution in [3.63, 3.8) is 0 Å². The molecular formula is C14H18BrNO2. The summed E-state index contributed by atoms with van der Waals surface area (Å²) in [5.41, 5.74) is 0.752. The quantitative estimate of drug-likeness (QED) is 0.868. The van der Waals surface area contributed by atoms with Gasteiger partial charge in [-0.1, -0.05) is 34.1 Å². The Kier molecular flexibility index (Phi) is 4.92. The number of aliphatic hydroxyl groups excluding tert-OH is 1. The first-order valence-corrected chi connectivity index (χ1v) is 7.11. The number of nitrogens with zero attached hydrogens (tertiary/aromatic N) is 1. The Morgan fingerprint density at radius 2 is 2.00 bits per heavy atom. The summed E-state index contributed by atoms with van der Waals surface area (Å²) in [5.74, 6) is 0.574. The highest BCUT2D eigenvalue weighted by Crippen LogP contribution is 2.19. The van der Waals surface area contributed by atoms with Crippen molar-refractivity contribution < 1.29 is 9.90 Å². The molecule has 0 unspecified atom stereocenters. The second kappa shape index (κ2) is 6.45. The summed E-state index contributed by atoms with van der Waals surface area (Å²) in [6, 6.07) is 7.54. The van der Waals surface area contributed by atoms with E-state index in [1.165, 1.54) is 0 Å². The Balaban J connectivity index is 1.91. The smallest absolute Gasteiger partial charge is 0.177 e. The predicted octanol–water partition coefficient (Wildman–Crippen LogP) is 2.34. The number of Topliss-reactive ketones (excluding diaryl/α,β-unsaturated/α-hetero) is 1. The van der Waals surface area contributed by atoms with Gasteiger partial charge in [-0.15, -0.1) is 0 Å². The fraction of sp³-hybridized carbons (Fsp3) is 0.500. The Morgan fingerprint density at radius 1 is 1.33 bits per heavy atom. The van der Waals surface area contributed by atoms with Gasteiger partial charge in [-0.3, -0.25) is 9.69 Å². The number of hydrogen-bond acceptors (Lipinski definition) is 3. The van der Waals surface area contributed by atoms with Crippen molar-refractivity contribution in [2.75, 3.05) is 26.2 Å². The van der Waals surface area contributed by atoms with Gasteiger partial charge < -0.3 is 5.11 Å². The van der Waals surface area contributed by atoms with Crippen LogP contribution in [0, 0.1) is 5.92 Å². The van der Waals surface area contributed by atoms with Crippen LogP contribution in [0.2, 0.25) is 0 Å². The molecule has 1 heterocycles. The molecule has 4 heteroatoms.